The summed E-state index contributed by atoms with van der Waals surface area (Å²) in [6, 6.07) is 0. The van der Waals surface area contributed by atoms with Gasteiger partial charge in [-0.3, -0.25) is 0 Å². The van der Waals surface area contributed by atoms with Gasteiger partial charge < -0.3 is 9.31 Å². The van der Waals surface area contributed by atoms with Crippen LogP contribution in [0.15, 0.2) is 12.7 Å². The van der Waals surface area contributed by atoms with Crippen LogP contribution in [0.1, 0.15) is 27.2 Å². The lowest BCUT2D eigenvalue weighted by molar-refractivity contribution is 0.134. The Morgan fingerprint density at radius 3 is 2.75 bits per heavy atom. The van der Waals surface area contributed by atoms with Crippen LogP contribution in [0, 0.1) is 0 Å². The lowest BCUT2D eigenvalue weighted by Gasteiger charge is -2.17. The minimum atomic E-state index is -0.111. The van der Waals surface area contributed by atoms with Crippen LogP contribution < -0.4 is 0 Å². The van der Waals surface area contributed by atoms with E-state index in [0.29, 0.717) is 12.4 Å². The van der Waals surface area contributed by atoms with Crippen LogP contribution >= 0.6 is 0 Å². The van der Waals surface area contributed by atoms with Crippen LogP contribution in [-0.2, 0) is 9.31 Å². The molecule has 1 rings (SSSR count). The standard InChI is InChI=1S/C9H17BO2/c1-5-6-8(2)10-11-7-9(3,4)12-10/h5,8H,1,6-7H2,2-4H3. The molecular formula is C9H17BO2. The maximum Gasteiger partial charge on any atom is 0.460 e. The molecule has 1 saturated heterocycles. The molecule has 3 heteroatoms. The monoisotopic (exact) mass is 168 g/mol. The normalized spacial score (nSPS) is 24.1. The summed E-state index contributed by atoms with van der Waals surface area (Å²) in [4.78, 5) is 0. The minimum absolute atomic E-state index is 0.0435. The summed E-state index contributed by atoms with van der Waals surface area (Å²) in [5.74, 6) is 0.407. The number of hydrogen-bond donors (Lipinski definition) is 0. The average molecular weight is 168 g/mol. The van der Waals surface area contributed by atoms with Gasteiger partial charge in [0, 0.05) is 0 Å². The first-order valence-electron chi connectivity index (χ1n) is 4.45. The van der Waals surface area contributed by atoms with Gasteiger partial charge in [-0.05, 0) is 26.1 Å². The van der Waals surface area contributed by atoms with Crippen LogP contribution in [0.4, 0.5) is 0 Å². The Morgan fingerprint density at radius 1 is 1.67 bits per heavy atom. The molecule has 0 N–H and O–H groups in total. The fourth-order valence-electron chi connectivity index (χ4n) is 1.32. The van der Waals surface area contributed by atoms with Crippen molar-refractivity contribution in [2.45, 2.75) is 38.6 Å². The summed E-state index contributed by atoms with van der Waals surface area (Å²) < 4.78 is 11.2. The molecule has 68 valence electrons. The van der Waals surface area contributed by atoms with E-state index < -0.39 is 0 Å². The van der Waals surface area contributed by atoms with Crippen molar-refractivity contribution in [2.24, 2.45) is 0 Å². The SMILES string of the molecule is C=CCC(C)B1OCC(C)(C)O1. The highest BCUT2D eigenvalue weighted by atomic mass is 16.7. The Morgan fingerprint density at radius 2 is 2.33 bits per heavy atom. The predicted octanol–water partition coefficient (Wildman–Crippen LogP) is 2.27. The van der Waals surface area contributed by atoms with Gasteiger partial charge in [0.15, 0.2) is 0 Å². The highest BCUT2D eigenvalue weighted by Crippen LogP contribution is 2.28. The van der Waals surface area contributed by atoms with Crippen molar-refractivity contribution in [3.8, 4) is 0 Å². The molecule has 0 aromatic rings. The molecule has 12 heavy (non-hydrogen) atoms. The Labute approximate surface area is 75.1 Å². The van der Waals surface area contributed by atoms with Crippen molar-refractivity contribution in [1.29, 1.82) is 0 Å². The van der Waals surface area contributed by atoms with Crippen LogP contribution in [-0.4, -0.2) is 19.3 Å². The third kappa shape index (κ3) is 2.36. The second kappa shape index (κ2) is 3.63. The number of hydrogen-bond acceptors (Lipinski definition) is 2. The zero-order chi connectivity index (χ0) is 9.19. The molecule has 0 aliphatic carbocycles. The highest BCUT2D eigenvalue weighted by molar-refractivity contribution is 6.47. The van der Waals surface area contributed by atoms with Crippen LogP contribution in [0.3, 0.4) is 0 Å². The largest absolute Gasteiger partial charge is 0.460 e. The summed E-state index contributed by atoms with van der Waals surface area (Å²) in [6.45, 7) is 10.6. The molecule has 0 saturated carbocycles. The molecule has 2 nitrogen and oxygen atoms in total. The van der Waals surface area contributed by atoms with Gasteiger partial charge in [-0.2, -0.15) is 0 Å². The van der Waals surface area contributed by atoms with E-state index >= 15 is 0 Å². The second-order valence-corrected chi connectivity index (χ2v) is 4.06. The van der Waals surface area contributed by atoms with Crippen LogP contribution in [0.2, 0.25) is 5.82 Å². The maximum atomic E-state index is 5.69. The lowest BCUT2D eigenvalue weighted by atomic mass is 9.71. The average Bonchev–Trinajstić information content (AvgIpc) is 2.31. The van der Waals surface area contributed by atoms with E-state index in [2.05, 4.69) is 13.5 Å². The third-order valence-electron chi connectivity index (χ3n) is 2.03. The predicted molar refractivity (Wildman–Crippen MR) is 51.1 cm³/mol. The summed E-state index contributed by atoms with van der Waals surface area (Å²) in [7, 11) is -0.0435. The molecule has 0 spiro atoms. The van der Waals surface area contributed by atoms with Crippen molar-refractivity contribution >= 4 is 7.12 Å². The quantitative estimate of drug-likeness (QED) is 0.475. The molecule has 0 radical (unpaired) electrons. The summed E-state index contributed by atoms with van der Waals surface area (Å²) in [5, 5.41) is 0. The number of allylic oxidation sites excluding steroid dienone is 1. The van der Waals surface area contributed by atoms with Crippen molar-refractivity contribution in [1.82, 2.24) is 0 Å². The van der Waals surface area contributed by atoms with Gasteiger partial charge in [-0.15, -0.1) is 6.58 Å². The second-order valence-electron chi connectivity index (χ2n) is 4.06. The molecule has 0 bridgehead atoms. The Kier molecular flexibility index (Phi) is 2.96. The molecule has 0 aromatic carbocycles. The van der Waals surface area contributed by atoms with Gasteiger partial charge in [0.05, 0.1) is 12.2 Å². The van der Waals surface area contributed by atoms with Gasteiger partial charge in [0.25, 0.3) is 0 Å². The van der Waals surface area contributed by atoms with Crippen LogP contribution in [0.5, 0.6) is 0 Å². The third-order valence-corrected chi connectivity index (χ3v) is 2.03. The first-order valence-corrected chi connectivity index (χ1v) is 4.45. The smallest absolute Gasteiger partial charge is 0.408 e. The molecule has 1 aliphatic heterocycles. The van der Waals surface area contributed by atoms with Gasteiger partial charge in [0.1, 0.15) is 0 Å². The molecule has 1 aliphatic rings. The molecule has 1 fully saturated rings. The zero-order valence-electron chi connectivity index (χ0n) is 8.17. The van der Waals surface area contributed by atoms with E-state index in [-0.39, 0.29) is 12.7 Å². The number of rotatable bonds is 3. The van der Waals surface area contributed by atoms with Crippen LogP contribution in [0.25, 0.3) is 0 Å². The first kappa shape index (κ1) is 9.81. The summed E-state index contributed by atoms with van der Waals surface area (Å²) >= 11 is 0. The van der Waals surface area contributed by atoms with E-state index in [0.717, 1.165) is 6.42 Å². The van der Waals surface area contributed by atoms with E-state index in [1.165, 1.54) is 0 Å². The van der Waals surface area contributed by atoms with Gasteiger partial charge >= 0.3 is 7.12 Å². The van der Waals surface area contributed by atoms with Gasteiger partial charge in [-0.25, -0.2) is 0 Å². The van der Waals surface area contributed by atoms with E-state index in [1.54, 1.807) is 0 Å². The van der Waals surface area contributed by atoms with Gasteiger partial charge in [-0.1, -0.05) is 13.0 Å². The van der Waals surface area contributed by atoms with E-state index in [9.17, 15) is 0 Å². The van der Waals surface area contributed by atoms with Crippen molar-refractivity contribution in [2.75, 3.05) is 6.61 Å². The molecule has 0 amide bonds. The molecule has 1 atom stereocenters. The molecule has 1 unspecified atom stereocenters. The summed E-state index contributed by atoms with van der Waals surface area (Å²) in [5.41, 5.74) is -0.111. The topological polar surface area (TPSA) is 18.5 Å². The maximum absolute atomic E-state index is 5.69. The highest BCUT2D eigenvalue weighted by Gasteiger charge is 2.39. The Hall–Kier alpha value is -0.275. The zero-order valence-corrected chi connectivity index (χ0v) is 8.17. The minimum Gasteiger partial charge on any atom is -0.408 e. The summed E-state index contributed by atoms with van der Waals surface area (Å²) in [6.07, 6.45) is 2.85. The molecule has 1 heterocycles. The molecular weight excluding hydrogens is 151 g/mol. The Balaban J connectivity index is 2.40. The van der Waals surface area contributed by atoms with Crippen molar-refractivity contribution in [3.05, 3.63) is 12.7 Å². The Bertz CT molecular complexity index is 168. The van der Waals surface area contributed by atoms with Crippen molar-refractivity contribution < 1.29 is 9.31 Å². The fraction of sp³-hybridized carbons (Fsp3) is 0.778. The van der Waals surface area contributed by atoms with Gasteiger partial charge in [0.2, 0.25) is 0 Å². The first-order chi connectivity index (χ1) is 5.55. The van der Waals surface area contributed by atoms with Crippen molar-refractivity contribution in [3.63, 3.8) is 0 Å². The van der Waals surface area contributed by atoms with E-state index in [4.69, 9.17) is 9.31 Å². The lowest BCUT2D eigenvalue weighted by Crippen LogP contribution is -2.26. The fourth-order valence-corrected chi connectivity index (χ4v) is 1.32. The van der Waals surface area contributed by atoms with E-state index in [1.807, 2.05) is 19.9 Å². The molecule has 0 aromatic heterocycles.